The zero-order valence-electron chi connectivity index (χ0n) is 7.24. The van der Waals surface area contributed by atoms with Crippen LogP contribution in [0.5, 0.6) is 0 Å². The first-order valence-electron chi connectivity index (χ1n) is 4.01. The van der Waals surface area contributed by atoms with Crippen molar-refractivity contribution in [2.24, 2.45) is 0 Å². The van der Waals surface area contributed by atoms with E-state index in [1.807, 2.05) is 25.3 Å². The van der Waals surface area contributed by atoms with Crippen molar-refractivity contribution in [3.05, 3.63) is 29.0 Å². The lowest BCUT2D eigenvalue weighted by molar-refractivity contribution is 1.01. The van der Waals surface area contributed by atoms with Gasteiger partial charge in [0.1, 0.15) is 5.01 Å². The molecule has 0 aliphatic carbocycles. The first kappa shape index (κ1) is 8.25. The summed E-state index contributed by atoms with van der Waals surface area (Å²) in [5.41, 5.74) is 1.15. The van der Waals surface area contributed by atoms with Crippen LogP contribution in [-0.4, -0.2) is 15.2 Å². The third-order valence-corrected chi connectivity index (χ3v) is 2.41. The Morgan fingerprint density at radius 2 is 2.46 bits per heavy atom. The van der Waals surface area contributed by atoms with Crippen LogP contribution < -0.4 is 5.32 Å². The van der Waals surface area contributed by atoms with Crippen LogP contribution in [-0.2, 0) is 6.54 Å². The SMILES string of the molecule is Cc1nnc(NCc2ccc[nH]2)s1. The molecule has 4 nitrogen and oxygen atoms in total. The summed E-state index contributed by atoms with van der Waals surface area (Å²) < 4.78 is 0. The fraction of sp³-hybridized carbons (Fsp3) is 0.250. The van der Waals surface area contributed by atoms with Crippen molar-refractivity contribution in [3.8, 4) is 0 Å². The number of aromatic nitrogens is 3. The van der Waals surface area contributed by atoms with Crippen molar-refractivity contribution in [1.82, 2.24) is 15.2 Å². The van der Waals surface area contributed by atoms with E-state index < -0.39 is 0 Å². The van der Waals surface area contributed by atoms with Crippen LogP contribution in [0.4, 0.5) is 5.13 Å². The monoisotopic (exact) mass is 194 g/mol. The van der Waals surface area contributed by atoms with E-state index in [-0.39, 0.29) is 0 Å². The highest BCUT2D eigenvalue weighted by Gasteiger charge is 1.98. The summed E-state index contributed by atoms with van der Waals surface area (Å²) in [6, 6.07) is 4.00. The summed E-state index contributed by atoms with van der Waals surface area (Å²) in [7, 11) is 0. The third-order valence-electron chi connectivity index (χ3n) is 1.62. The molecular weight excluding hydrogens is 184 g/mol. The van der Waals surface area contributed by atoms with Gasteiger partial charge in [-0.25, -0.2) is 0 Å². The van der Waals surface area contributed by atoms with Crippen molar-refractivity contribution in [3.63, 3.8) is 0 Å². The van der Waals surface area contributed by atoms with Gasteiger partial charge in [0.05, 0.1) is 6.54 Å². The molecule has 0 atom stereocenters. The van der Waals surface area contributed by atoms with Crippen LogP contribution >= 0.6 is 11.3 Å². The molecule has 2 aromatic heterocycles. The molecule has 0 spiro atoms. The lowest BCUT2D eigenvalue weighted by Gasteiger charge is -1.97. The summed E-state index contributed by atoms with van der Waals surface area (Å²) in [4.78, 5) is 3.11. The lowest BCUT2D eigenvalue weighted by atomic mass is 10.4. The second-order valence-electron chi connectivity index (χ2n) is 2.68. The predicted octanol–water partition coefficient (Wildman–Crippen LogP) is 1.79. The van der Waals surface area contributed by atoms with Crippen LogP contribution in [0.25, 0.3) is 0 Å². The quantitative estimate of drug-likeness (QED) is 0.783. The maximum absolute atomic E-state index is 3.96. The maximum atomic E-state index is 3.96. The van der Waals surface area contributed by atoms with E-state index in [1.54, 1.807) is 11.3 Å². The number of H-pyrrole nitrogens is 1. The Labute approximate surface area is 80.0 Å². The molecule has 2 rings (SSSR count). The standard InChI is InChI=1S/C8H10N4S/c1-6-11-12-8(13-6)10-5-7-3-2-4-9-7/h2-4,9H,5H2,1H3,(H,10,12). The van der Waals surface area contributed by atoms with Gasteiger partial charge in [0.25, 0.3) is 0 Å². The zero-order chi connectivity index (χ0) is 9.10. The van der Waals surface area contributed by atoms with Crippen LogP contribution in [0, 0.1) is 6.92 Å². The van der Waals surface area contributed by atoms with E-state index in [4.69, 9.17) is 0 Å². The van der Waals surface area contributed by atoms with E-state index in [2.05, 4.69) is 20.5 Å². The number of rotatable bonds is 3. The van der Waals surface area contributed by atoms with Crippen LogP contribution in [0.1, 0.15) is 10.7 Å². The second-order valence-corrected chi connectivity index (χ2v) is 3.86. The molecule has 2 heterocycles. The van der Waals surface area contributed by atoms with E-state index in [9.17, 15) is 0 Å². The number of nitrogens with one attached hydrogen (secondary N) is 2. The van der Waals surface area contributed by atoms with Gasteiger partial charge in [-0.1, -0.05) is 11.3 Å². The van der Waals surface area contributed by atoms with E-state index in [0.717, 1.165) is 22.4 Å². The Hall–Kier alpha value is -1.36. The average Bonchev–Trinajstić information content (AvgIpc) is 2.71. The molecule has 5 heteroatoms. The summed E-state index contributed by atoms with van der Waals surface area (Å²) in [5.74, 6) is 0. The Morgan fingerprint density at radius 1 is 1.54 bits per heavy atom. The van der Waals surface area contributed by atoms with E-state index >= 15 is 0 Å². The third kappa shape index (κ3) is 2.06. The highest BCUT2D eigenvalue weighted by Crippen LogP contribution is 2.14. The van der Waals surface area contributed by atoms with Crippen molar-refractivity contribution in [1.29, 1.82) is 0 Å². The van der Waals surface area contributed by atoms with E-state index in [0.29, 0.717) is 0 Å². The molecule has 0 aliphatic heterocycles. The summed E-state index contributed by atoms with van der Waals surface area (Å²) in [6.45, 7) is 2.71. The minimum Gasteiger partial charge on any atom is -0.364 e. The van der Waals surface area contributed by atoms with Gasteiger partial charge in [0.2, 0.25) is 5.13 Å². The van der Waals surface area contributed by atoms with Crippen molar-refractivity contribution in [2.45, 2.75) is 13.5 Å². The molecular formula is C8H10N4S. The minimum absolute atomic E-state index is 0.766. The van der Waals surface area contributed by atoms with Gasteiger partial charge in [0.15, 0.2) is 0 Å². The molecule has 0 aliphatic rings. The lowest BCUT2D eigenvalue weighted by Crippen LogP contribution is -1.98. The van der Waals surface area contributed by atoms with Crippen LogP contribution in [0.15, 0.2) is 18.3 Å². The molecule has 13 heavy (non-hydrogen) atoms. The van der Waals surface area contributed by atoms with Gasteiger partial charge in [-0.2, -0.15) is 0 Å². The number of nitrogens with zero attached hydrogens (tertiary/aromatic N) is 2. The van der Waals surface area contributed by atoms with Crippen LogP contribution in [0.2, 0.25) is 0 Å². The van der Waals surface area contributed by atoms with E-state index in [1.165, 1.54) is 0 Å². The zero-order valence-corrected chi connectivity index (χ0v) is 8.06. The normalized spacial score (nSPS) is 10.2. The molecule has 2 N–H and O–H groups in total. The molecule has 68 valence electrons. The van der Waals surface area contributed by atoms with Gasteiger partial charge in [0, 0.05) is 11.9 Å². The Balaban J connectivity index is 1.93. The average molecular weight is 194 g/mol. The minimum atomic E-state index is 0.766. The Bertz CT molecular complexity index is 365. The van der Waals surface area contributed by atoms with Crippen molar-refractivity contribution in [2.75, 3.05) is 5.32 Å². The molecule has 2 aromatic rings. The number of anilines is 1. The van der Waals surface area contributed by atoms with Gasteiger partial charge in [-0.15, -0.1) is 10.2 Å². The van der Waals surface area contributed by atoms with Gasteiger partial charge < -0.3 is 10.3 Å². The highest BCUT2D eigenvalue weighted by atomic mass is 32.1. The topological polar surface area (TPSA) is 53.6 Å². The molecule has 0 amide bonds. The van der Waals surface area contributed by atoms with Gasteiger partial charge >= 0.3 is 0 Å². The smallest absolute Gasteiger partial charge is 0.205 e. The maximum Gasteiger partial charge on any atom is 0.205 e. The molecule has 0 fully saturated rings. The summed E-state index contributed by atoms with van der Waals surface area (Å²) in [5, 5.41) is 12.9. The number of aromatic amines is 1. The van der Waals surface area contributed by atoms with Gasteiger partial charge in [-0.05, 0) is 19.1 Å². The Morgan fingerprint density at radius 3 is 3.08 bits per heavy atom. The predicted molar refractivity (Wildman–Crippen MR) is 52.8 cm³/mol. The first-order valence-corrected chi connectivity index (χ1v) is 4.82. The number of aryl methyl sites for hydroxylation is 1. The molecule has 0 unspecified atom stereocenters. The Kier molecular flexibility index (Phi) is 2.27. The van der Waals surface area contributed by atoms with Crippen molar-refractivity contribution >= 4 is 16.5 Å². The summed E-state index contributed by atoms with van der Waals surface area (Å²) >= 11 is 1.56. The second kappa shape index (κ2) is 3.57. The molecule has 0 radical (unpaired) electrons. The number of hydrogen-bond donors (Lipinski definition) is 2. The molecule has 0 aromatic carbocycles. The highest BCUT2D eigenvalue weighted by molar-refractivity contribution is 7.15. The largest absolute Gasteiger partial charge is 0.364 e. The number of hydrogen-bond acceptors (Lipinski definition) is 4. The fourth-order valence-corrected chi connectivity index (χ4v) is 1.60. The van der Waals surface area contributed by atoms with Gasteiger partial charge in [-0.3, -0.25) is 0 Å². The first-order chi connectivity index (χ1) is 6.34. The van der Waals surface area contributed by atoms with Crippen LogP contribution in [0.3, 0.4) is 0 Å². The fourth-order valence-electron chi connectivity index (χ4n) is 1.02. The molecule has 0 bridgehead atoms. The molecule has 0 saturated carbocycles. The van der Waals surface area contributed by atoms with Crippen molar-refractivity contribution < 1.29 is 0 Å². The molecule has 0 saturated heterocycles. The summed E-state index contributed by atoms with van der Waals surface area (Å²) in [6.07, 6.45) is 1.91.